The Bertz CT molecular complexity index is 2830. The van der Waals surface area contributed by atoms with Crippen LogP contribution in [0.4, 0.5) is 26.3 Å². The number of halogens is 6. The third kappa shape index (κ3) is 19.6. The summed E-state index contributed by atoms with van der Waals surface area (Å²) >= 11 is 0. The lowest BCUT2D eigenvalue weighted by molar-refractivity contribution is -0.176. The van der Waals surface area contributed by atoms with Gasteiger partial charge < -0.3 is 38.5 Å². The number of benzene rings is 2. The first kappa shape index (κ1) is 71.0. The van der Waals surface area contributed by atoms with Crippen molar-refractivity contribution in [3.8, 4) is 0 Å². The molecule has 0 bridgehead atoms. The summed E-state index contributed by atoms with van der Waals surface area (Å²) in [6.07, 6.45) is -13.4. The molecular formula is C62H82F6N8O12. The van der Waals surface area contributed by atoms with E-state index in [0.29, 0.717) is 34.6 Å². The average Bonchev–Trinajstić information content (AvgIpc) is 2.93. The van der Waals surface area contributed by atoms with Crippen molar-refractivity contribution in [1.82, 2.24) is 39.2 Å². The van der Waals surface area contributed by atoms with Crippen molar-refractivity contribution >= 4 is 47.5 Å². The summed E-state index contributed by atoms with van der Waals surface area (Å²) in [5.74, 6) is -8.82. The first-order chi connectivity index (χ1) is 40.9. The van der Waals surface area contributed by atoms with Crippen LogP contribution in [0.25, 0.3) is 0 Å². The predicted octanol–water partition coefficient (Wildman–Crippen LogP) is 8.19. The quantitative estimate of drug-likeness (QED) is 0.0586. The molecule has 26 heteroatoms. The van der Waals surface area contributed by atoms with E-state index in [1.807, 2.05) is 0 Å². The van der Waals surface area contributed by atoms with Crippen molar-refractivity contribution in [2.24, 2.45) is 23.7 Å². The molecular weight excluding hydrogens is 1160 g/mol. The van der Waals surface area contributed by atoms with Gasteiger partial charge in [0.05, 0.1) is 36.6 Å². The molecule has 20 nitrogen and oxygen atoms in total. The van der Waals surface area contributed by atoms with Crippen LogP contribution in [0.1, 0.15) is 128 Å². The van der Waals surface area contributed by atoms with Gasteiger partial charge in [-0.1, -0.05) is 104 Å². The van der Waals surface area contributed by atoms with Gasteiger partial charge in [-0.3, -0.25) is 28.5 Å². The molecule has 88 heavy (non-hydrogen) atoms. The van der Waals surface area contributed by atoms with E-state index in [9.17, 15) is 64.7 Å². The number of hydrogen-bond donors (Lipinski definition) is 0. The molecule has 5 rings (SSSR count). The Balaban J connectivity index is 1.58. The third-order valence-corrected chi connectivity index (χ3v) is 15.0. The minimum absolute atomic E-state index is 0.0272. The molecule has 1 fully saturated rings. The van der Waals surface area contributed by atoms with Gasteiger partial charge in [0.25, 0.3) is 23.6 Å². The van der Waals surface area contributed by atoms with Crippen molar-refractivity contribution in [3.63, 3.8) is 0 Å². The number of cyclic esters (lactones) is 4. The Morgan fingerprint density at radius 2 is 0.659 bits per heavy atom. The molecule has 0 spiro atoms. The maximum atomic E-state index is 15.0. The number of aromatic nitrogens is 4. The first-order valence-electron chi connectivity index (χ1n) is 29.2. The van der Waals surface area contributed by atoms with Crippen LogP contribution in [0.15, 0.2) is 73.3 Å². The highest BCUT2D eigenvalue weighted by Gasteiger charge is 2.43. The van der Waals surface area contributed by atoms with Crippen molar-refractivity contribution in [2.75, 3.05) is 28.2 Å². The van der Waals surface area contributed by atoms with E-state index in [1.165, 1.54) is 42.0 Å². The molecule has 0 unspecified atom stereocenters. The first-order valence-corrected chi connectivity index (χ1v) is 29.2. The Kier molecular flexibility index (Phi) is 24.5. The summed E-state index contributed by atoms with van der Waals surface area (Å²) in [4.78, 5) is 121. The highest BCUT2D eigenvalue weighted by molar-refractivity contribution is 5.94. The fraction of sp³-hybridized carbons (Fsp3) is 0.581. The van der Waals surface area contributed by atoms with E-state index in [1.54, 1.807) is 104 Å². The summed E-state index contributed by atoms with van der Waals surface area (Å²) in [6, 6.07) is 7.01. The van der Waals surface area contributed by atoms with Gasteiger partial charge in [-0.05, 0) is 85.5 Å². The van der Waals surface area contributed by atoms with Crippen LogP contribution in [0, 0.1) is 23.7 Å². The van der Waals surface area contributed by atoms with Crippen molar-refractivity contribution in [3.05, 3.63) is 107 Å². The maximum absolute atomic E-state index is 15.0. The molecule has 484 valence electrons. The number of esters is 4. The number of rotatable bonds is 16. The van der Waals surface area contributed by atoms with Crippen molar-refractivity contribution in [2.45, 2.75) is 182 Å². The number of carbonyl (C=O) groups is 8. The number of alkyl halides is 6. The lowest BCUT2D eigenvalue weighted by Crippen LogP contribution is -2.55. The van der Waals surface area contributed by atoms with Gasteiger partial charge in [0.2, 0.25) is 0 Å². The number of likely N-dealkylation sites (N-methyl/N-ethyl adjacent to an activating group) is 4. The Labute approximate surface area is 509 Å². The van der Waals surface area contributed by atoms with Gasteiger partial charge in [0.1, 0.15) is 24.2 Å². The molecule has 4 amide bonds. The molecule has 0 aliphatic carbocycles. The molecule has 8 atom stereocenters. The van der Waals surface area contributed by atoms with Crippen molar-refractivity contribution < 1.29 is 83.6 Å². The van der Waals surface area contributed by atoms with Crippen LogP contribution in [0.2, 0.25) is 0 Å². The largest absolute Gasteiger partial charge is 0.451 e. The second-order valence-corrected chi connectivity index (χ2v) is 24.3. The number of amides is 4. The van der Waals surface area contributed by atoms with E-state index in [4.69, 9.17) is 18.9 Å². The summed E-state index contributed by atoms with van der Waals surface area (Å²) < 4.78 is 106. The fourth-order valence-corrected chi connectivity index (χ4v) is 10.0. The Morgan fingerprint density at radius 1 is 0.409 bits per heavy atom. The summed E-state index contributed by atoms with van der Waals surface area (Å²) in [6.45, 7) is 16.6. The SMILES string of the molecule is CC(C)C[C@H]1C(=O)O[C@H](Cc2ccc(Cn3cc(C(F)(F)F)cn3)cc2)C(=O)N(C)[C@@H](CC(C)C)C(=O)O[C@H](C)C(=O)N(C)[C@@H](CC(C)C)C(=O)O[C@H](Cc2ccc(Cn3cc(C(F)(F)F)cn3)cc2)C(=O)N(C)[C@@H](CC(C)C)C(=O)O[C@H](C)C(=O)N1C. The second kappa shape index (κ2) is 30.4. The van der Waals surface area contributed by atoms with Gasteiger partial charge in [0, 0.05) is 53.4 Å². The van der Waals surface area contributed by atoms with Crippen LogP contribution >= 0.6 is 0 Å². The monoisotopic (exact) mass is 1240 g/mol. The molecule has 1 saturated heterocycles. The number of carbonyl (C=O) groups excluding carboxylic acids is 8. The molecule has 1 aliphatic heterocycles. The number of nitrogens with zero attached hydrogens (tertiary/aromatic N) is 8. The zero-order valence-electron chi connectivity index (χ0n) is 52.3. The van der Waals surface area contributed by atoms with Gasteiger partial charge >= 0.3 is 36.2 Å². The lowest BCUT2D eigenvalue weighted by Gasteiger charge is -2.35. The van der Waals surface area contributed by atoms with Gasteiger partial charge in [-0.15, -0.1) is 0 Å². The molecule has 0 radical (unpaired) electrons. The number of hydrogen-bond acceptors (Lipinski definition) is 14. The zero-order valence-corrected chi connectivity index (χ0v) is 52.3. The van der Waals surface area contributed by atoms with E-state index in [-0.39, 0.29) is 75.3 Å². The topological polar surface area (TPSA) is 222 Å². The molecule has 2 aromatic heterocycles. The Hall–Kier alpha value is -7.80. The van der Waals surface area contributed by atoms with E-state index < -0.39 is 120 Å². The van der Waals surface area contributed by atoms with Crippen LogP contribution < -0.4 is 0 Å². The lowest BCUT2D eigenvalue weighted by atomic mass is 9.99. The summed E-state index contributed by atoms with van der Waals surface area (Å²) in [5.41, 5.74) is 0.0136. The van der Waals surface area contributed by atoms with Gasteiger partial charge in [-0.25, -0.2) is 19.2 Å². The fourth-order valence-electron chi connectivity index (χ4n) is 10.0. The summed E-state index contributed by atoms with van der Waals surface area (Å²) in [5, 5.41) is 7.62. The smallest absolute Gasteiger partial charge is 0.419 e. The van der Waals surface area contributed by atoms with Gasteiger partial charge in [-0.2, -0.15) is 36.5 Å². The minimum Gasteiger partial charge on any atom is -0.451 e. The molecule has 3 heterocycles. The predicted molar refractivity (Wildman–Crippen MR) is 308 cm³/mol. The summed E-state index contributed by atoms with van der Waals surface area (Å²) in [7, 11) is 5.17. The molecule has 0 saturated carbocycles. The van der Waals surface area contributed by atoms with Crippen LogP contribution in [-0.2, 0) is 95.6 Å². The van der Waals surface area contributed by atoms with Crippen LogP contribution in [-0.4, -0.2) is 163 Å². The molecule has 1 aliphatic rings. The maximum Gasteiger partial charge on any atom is 0.419 e. The van der Waals surface area contributed by atoms with E-state index in [0.717, 1.165) is 41.4 Å². The average molecular weight is 1250 g/mol. The standard InChI is InChI=1S/C62H82F6N8O12/c1-35(2)23-47-57(81)85-39(9)53(77)71(11)50(26-38(7)8)60(84)88-52(28-42-17-21-44(22-18-42)32-76-34-46(30-70-76)62(66,67)68)56(80)74(14)48(24-36(3)4)58(82)86-40(10)54(78)72(12)49(25-37(5)6)59(83)87-51(55(79)73(47)13)27-41-15-19-43(20-16-41)31-75-33-45(29-69-75)61(63,64)65/h15-22,29-30,33-40,47-52H,23-28,31-32H2,1-14H3/t39-,40-,47+,48+,49+,50+,51-,52-/m1/s1. The molecule has 4 aromatic rings. The minimum atomic E-state index is -4.61. The Morgan fingerprint density at radius 3 is 0.909 bits per heavy atom. The van der Waals surface area contributed by atoms with E-state index >= 15 is 0 Å². The molecule has 2 aromatic carbocycles. The van der Waals surface area contributed by atoms with Gasteiger partial charge in [0.15, 0.2) is 24.4 Å². The molecule has 0 N–H and O–H groups in total. The normalized spacial score (nSPS) is 22.6. The highest BCUT2D eigenvalue weighted by Crippen LogP contribution is 2.31. The van der Waals surface area contributed by atoms with Crippen LogP contribution in [0.5, 0.6) is 0 Å². The van der Waals surface area contributed by atoms with Crippen molar-refractivity contribution in [1.29, 1.82) is 0 Å². The van der Waals surface area contributed by atoms with Crippen LogP contribution in [0.3, 0.4) is 0 Å². The highest BCUT2D eigenvalue weighted by atomic mass is 19.4. The van der Waals surface area contributed by atoms with E-state index in [2.05, 4.69) is 10.2 Å². The number of ether oxygens (including phenoxy) is 4. The second-order valence-electron chi connectivity index (χ2n) is 24.3. The third-order valence-electron chi connectivity index (χ3n) is 15.0. The zero-order chi connectivity index (χ0) is 65.9.